The second kappa shape index (κ2) is 5.14. The fraction of sp³-hybridized carbons (Fsp3) is 0.176. The van der Waals surface area contributed by atoms with Crippen molar-refractivity contribution >= 4 is 34.2 Å². The van der Waals surface area contributed by atoms with E-state index in [0.29, 0.717) is 18.0 Å². The number of benzene rings is 2. The van der Waals surface area contributed by atoms with Crippen LogP contribution in [0.2, 0.25) is 5.02 Å². The molecule has 3 aromatic rings. The number of carbonyl (C=O) groups is 1. The van der Waals surface area contributed by atoms with Gasteiger partial charge in [0.2, 0.25) is 5.91 Å². The van der Waals surface area contributed by atoms with E-state index in [1.165, 1.54) is 0 Å². The van der Waals surface area contributed by atoms with Gasteiger partial charge in [-0.3, -0.25) is 4.79 Å². The molecule has 1 aliphatic heterocycles. The monoisotopic (exact) mass is 311 g/mol. The summed E-state index contributed by atoms with van der Waals surface area (Å²) in [4.78, 5) is 22.0. The SMILES string of the molecule is O=C1C[C@@H](c2nc3ccccc3[nH]2)CN1c1cccc(Cl)c1. The third-order valence-electron chi connectivity index (χ3n) is 4.04. The Balaban J connectivity index is 1.64. The van der Waals surface area contributed by atoms with Crippen molar-refractivity contribution < 1.29 is 4.79 Å². The van der Waals surface area contributed by atoms with Gasteiger partial charge in [-0.25, -0.2) is 4.98 Å². The fourth-order valence-electron chi connectivity index (χ4n) is 2.95. The summed E-state index contributed by atoms with van der Waals surface area (Å²) in [7, 11) is 0. The first-order chi connectivity index (χ1) is 10.7. The van der Waals surface area contributed by atoms with E-state index in [1.54, 1.807) is 4.90 Å². The number of amides is 1. The number of rotatable bonds is 2. The van der Waals surface area contributed by atoms with Gasteiger partial charge in [0, 0.05) is 29.6 Å². The van der Waals surface area contributed by atoms with Gasteiger partial charge in [-0.15, -0.1) is 0 Å². The standard InChI is InChI=1S/C17H14ClN3O/c18-12-4-3-5-13(9-12)21-10-11(8-16(21)22)17-19-14-6-1-2-7-15(14)20-17/h1-7,9,11H,8,10H2,(H,19,20)/t11-/m1/s1. The molecule has 110 valence electrons. The van der Waals surface area contributed by atoms with Gasteiger partial charge in [0.25, 0.3) is 0 Å². The summed E-state index contributed by atoms with van der Waals surface area (Å²) in [5.74, 6) is 1.06. The van der Waals surface area contributed by atoms with E-state index in [0.717, 1.165) is 22.5 Å². The molecule has 1 amide bonds. The second-order valence-electron chi connectivity index (χ2n) is 5.52. The number of hydrogen-bond acceptors (Lipinski definition) is 2. The van der Waals surface area contributed by atoms with E-state index in [2.05, 4.69) is 9.97 Å². The Hall–Kier alpha value is -2.33. The quantitative estimate of drug-likeness (QED) is 0.784. The molecule has 0 radical (unpaired) electrons. The Kier molecular flexibility index (Phi) is 3.12. The highest BCUT2D eigenvalue weighted by Gasteiger charge is 2.33. The first-order valence-corrected chi connectivity index (χ1v) is 7.59. The lowest BCUT2D eigenvalue weighted by Crippen LogP contribution is -2.24. The molecule has 0 bridgehead atoms. The Morgan fingerprint density at radius 1 is 1.18 bits per heavy atom. The number of aromatic nitrogens is 2. The molecular weight excluding hydrogens is 298 g/mol. The lowest BCUT2D eigenvalue weighted by Gasteiger charge is -2.16. The van der Waals surface area contributed by atoms with E-state index in [9.17, 15) is 4.79 Å². The van der Waals surface area contributed by atoms with Crippen LogP contribution in [0.25, 0.3) is 11.0 Å². The number of anilines is 1. The lowest BCUT2D eigenvalue weighted by atomic mass is 10.1. The van der Waals surface area contributed by atoms with Crippen molar-refractivity contribution in [2.45, 2.75) is 12.3 Å². The molecule has 0 unspecified atom stereocenters. The number of fused-ring (bicyclic) bond motifs is 1. The topological polar surface area (TPSA) is 49.0 Å². The Labute approximate surface area is 132 Å². The van der Waals surface area contributed by atoms with E-state index in [1.807, 2.05) is 48.5 Å². The van der Waals surface area contributed by atoms with Crippen LogP contribution in [0.15, 0.2) is 48.5 Å². The smallest absolute Gasteiger partial charge is 0.227 e. The van der Waals surface area contributed by atoms with Crippen LogP contribution in [0.1, 0.15) is 18.2 Å². The second-order valence-corrected chi connectivity index (χ2v) is 5.96. The number of halogens is 1. The van der Waals surface area contributed by atoms with Crippen molar-refractivity contribution in [3.63, 3.8) is 0 Å². The molecule has 1 fully saturated rings. The lowest BCUT2D eigenvalue weighted by molar-refractivity contribution is -0.117. The summed E-state index contributed by atoms with van der Waals surface area (Å²) in [5.41, 5.74) is 2.79. The van der Waals surface area contributed by atoms with Gasteiger partial charge in [-0.2, -0.15) is 0 Å². The molecule has 1 saturated heterocycles. The predicted molar refractivity (Wildman–Crippen MR) is 87.3 cm³/mol. The van der Waals surface area contributed by atoms with Gasteiger partial charge in [0.05, 0.1) is 11.0 Å². The maximum absolute atomic E-state index is 12.3. The third-order valence-corrected chi connectivity index (χ3v) is 4.27. The molecule has 2 aromatic carbocycles. The van der Waals surface area contributed by atoms with Gasteiger partial charge < -0.3 is 9.88 Å². The number of imidazole rings is 1. The summed E-state index contributed by atoms with van der Waals surface area (Å²) in [6.07, 6.45) is 0.465. The number of aromatic amines is 1. The molecule has 1 N–H and O–H groups in total. The Bertz CT molecular complexity index is 825. The van der Waals surface area contributed by atoms with Crippen molar-refractivity contribution in [3.05, 3.63) is 59.4 Å². The van der Waals surface area contributed by atoms with E-state index < -0.39 is 0 Å². The summed E-state index contributed by atoms with van der Waals surface area (Å²) in [6.45, 7) is 0.624. The first kappa shape index (κ1) is 13.3. The summed E-state index contributed by atoms with van der Waals surface area (Å²) >= 11 is 6.02. The number of para-hydroxylation sites is 2. The zero-order valence-electron chi connectivity index (χ0n) is 11.8. The molecule has 0 aliphatic carbocycles. The molecule has 5 heteroatoms. The number of carbonyl (C=O) groups excluding carboxylic acids is 1. The predicted octanol–water partition coefficient (Wildman–Crippen LogP) is 3.74. The molecule has 0 spiro atoms. The van der Waals surface area contributed by atoms with Crippen LogP contribution in [0.4, 0.5) is 5.69 Å². The first-order valence-electron chi connectivity index (χ1n) is 7.21. The normalized spacial score (nSPS) is 18.3. The van der Waals surface area contributed by atoms with Crippen molar-refractivity contribution in [2.24, 2.45) is 0 Å². The molecule has 1 aromatic heterocycles. The van der Waals surface area contributed by atoms with E-state index in [4.69, 9.17) is 11.6 Å². The van der Waals surface area contributed by atoms with Crippen LogP contribution < -0.4 is 4.90 Å². The highest BCUT2D eigenvalue weighted by molar-refractivity contribution is 6.30. The minimum Gasteiger partial charge on any atom is -0.342 e. The highest BCUT2D eigenvalue weighted by Crippen LogP contribution is 2.32. The number of nitrogens with one attached hydrogen (secondary N) is 1. The van der Waals surface area contributed by atoms with Gasteiger partial charge in [-0.05, 0) is 30.3 Å². The third kappa shape index (κ3) is 2.25. The summed E-state index contributed by atoms with van der Waals surface area (Å²) in [6, 6.07) is 15.3. The van der Waals surface area contributed by atoms with Crippen molar-refractivity contribution in [2.75, 3.05) is 11.4 Å². The number of nitrogens with zero attached hydrogens (tertiary/aromatic N) is 2. The van der Waals surface area contributed by atoms with Gasteiger partial charge >= 0.3 is 0 Å². The van der Waals surface area contributed by atoms with Crippen LogP contribution in [0, 0.1) is 0 Å². The maximum Gasteiger partial charge on any atom is 0.227 e. The highest BCUT2D eigenvalue weighted by atomic mass is 35.5. The van der Waals surface area contributed by atoms with Gasteiger partial charge in [0.15, 0.2) is 0 Å². The van der Waals surface area contributed by atoms with Crippen LogP contribution in [0.3, 0.4) is 0 Å². The van der Waals surface area contributed by atoms with Gasteiger partial charge in [-0.1, -0.05) is 29.8 Å². The zero-order chi connectivity index (χ0) is 15.1. The Morgan fingerprint density at radius 3 is 2.86 bits per heavy atom. The van der Waals surface area contributed by atoms with Gasteiger partial charge in [0.1, 0.15) is 5.82 Å². The molecule has 0 saturated carbocycles. The average Bonchev–Trinajstić information content (AvgIpc) is 3.10. The molecule has 4 nitrogen and oxygen atoms in total. The minimum atomic E-state index is 0.0823. The van der Waals surface area contributed by atoms with Crippen LogP contribution in [-0.2, 0) is 4.79 Å². The fourth-order valence-corrected chi connectivity index (χ4v) is 3.13. The maximum atomic E-state index is 12.3. The Morgan fingerprint density at radius 2 is 2.05 bits per heavy atom. The minimum absolute atomic E-state index is 0.0823. The van der Waals surface area contributed by atoms with Crippen LogP contribution in [0.5, 0.6) is 0 Å². The largest absolute Gasteiger partial charge is 0.342 e. The zero-order valence-corrected chi connectivity index (χ0v) is 12.5. The molecule has 4 rings (SSSR count). The molecule has 22 heavy (non-hydrogen) atoms. The van der Waals surface area contributed by atoms with Crippen molar-refractivity contribution in [1.82, 2.24) is 9.97 Å². The molecule has 2 heterocycles. The summed E-state index contributed by atoms with van der Waals surface area (Å²) < 4.78 is 0. The van der Waals surface area contributed by atoms with E-state index in [-0.39, 0.29) is 11.8 Å². The molecule has 1 aliphatic rings. The molecule has 1 atom stereocenters. The van der Waals surface area contributed by atoms with E-state index >= 15 is 0 Å². The van der Waals surface area contributed by atoms with Crippen molar-refractivity contribution in [1.29, 1.82) is 0 Å². The van der Waals surface area contributed by atoms with Crippen LogP contribution >= 0.6 is 11.6 Å². The molecular formula is C17H14ClN3O. The number of hydrogen-bond donors (Lipinski definition) is 1. The average molecular weight is 312 g/mol. The van der Waals surface area contributed by atoms with Crippen LogP contribution in [-0.4, -0.2) is 22.4 Å². The van der Waals surface area contributed by atoms with Crippen molar-refractivity contribution in [3.8, 4) is 0 Å². The summed E-state index contributed by atoms with van der Waals surface area (Å²) in [5, 5.41) is 0.637. The number of H-pyrrole nitrogens is 1.